The number of aromatic nitrogens is 1. The number of rotatable bonds is 6. The first kappa shape index (κ1) is 21.7. The molecule has 1 atom stereocenters. The Bertz CT molecular complexity index is 929. The summed E-state index contributed by atoms with van der Waals surface area (Å²) in [5.74, 6) is 1.58. The number of nitrogens with zero attached hydrogens (tertiary/aromatic N) is 2. The van der Waals surface area contributed by atoms with Gasteiger partial charge in [-0.3, -0.25) is 9.69 Å². The number of carbonyl (C=O) groups excluding carboxylic acids is 1. The minimum absolute atomic E-state index is 0.0410. The summed E-state index contributed by atoms with van der Waals surface area (Å²) in [5, 5.41) is 8.61. The number of likely N-dealkylation sites (tertiary alicyclic amines) is 1. The lowest BCUT2D eigenvalue weighted by Gasteiger charge is -2.47. The topological polar surface area (TPSA) is 66.5 Å². The molecule has 6 heteroatoms. The van der Waals surface area contributed by atoms with E-state index in [9.17, 15) is 4.79 Å². The number of fused-ring (bicyclic) bond motifs is 1. The van der Waals surface area contributed by atoms with Gasteiger partial charge < -0.3 is 15.4 Å². The van der Waals surface area contributed by atoms with Gasteiger partial charge >= 0.3 is 0 Å². The Balaban J connectivity index is 1.04. The van der Waals surface area contributed by atoms with E-state index in [2.05, 4.69) is 45.6 Å². The van der Waals surface area contributed by atoms with E-state index in [1.54, 1.807) is 6.20 Å². The van der Waals surface area contributed by atoms with Crippen LogP contribution in [0.3, 0.4) is 0 Å². The number of carbonyl (C=O) groups is 1. The molecular formula is C26H36N4O2. The van der Waals surface area contributed by atoms with Gasteiger partial charge in [0.25, 0.3) is 0 Å². The fraction of sp³-hybridized carbons (Fsp3) is 0.615. The van der Waals surface area contributed by atoms with Crippen molar-refractivity contribution in [3.05, 3.63) is 36.0 Å². The molecule has 1 unspecified atom stereocenters. The van der Waals surface area contributed by atoms with Gasteiger partial charge in [0.1, 0.15) is 5.82 Å². The molecule has 0 bridgehead atoms. The zero-order valence-corrected chi connectivity index (χ0v) is 19.2. The number of nitrogens with one attached hydrogen (secondary N) is 2. The molecule has 2 N–H and O–H groups in total. The van der Waals surface area contributed by atoms with Gasteiger partial charge in [-0.1, -0.05) is 17.7 Å². The van der Waals surface area contributed by atoms with Crippen LogP contribution in [0.15, 0.2) is 30.5 Å². The van der Waals surface area contributed by atoms with E-state index in [0.717, 1.165) is 42.2 Å². The highest BCUT2D eigenvalue weighted by molar-refractivity contribution is 5.93. The maximum Gasteiger partial charge on any atom is 0.239 e. The molecule has 6 nitrogen and oxygen atoms in total. The highest BCUT2D eigenvalue weighted by atomic mass is 16.5. The zero-order chi connectivity index (χ0) is 21.9. The van der Waals surface area contributed by atoms with Crippen LogP contribution in [0.25, 0.3) is 10.8 Å². The van der Waals surface area contributed by atoms with Crippen molar-refractivity contribution in [1.82, 2.24) is 15.2 Å². The van der Waals surface area contributed by atoms with E-state index >= 15 is 0 Å². The van der Waals surface area contributed by atoms with E-state index in [0.29, 0.717) is 12.1 Å². The van der Waals surface area contributed by atoms with Gasteiger partial charge in [-0.05, 0) is 75.3 Å². The lowest BCUT2D eigenvalue weighted by atomic mass is 9.79. The van der Waals surface area contributed by atoms with E-state index < -0.39 is 0 Å². The molecule has 1 amide bonds. The van der Waals surface area contributed by atoms with E-state index in [1.807, 2.05) is 6.07 Å². The molecule has 0 spiro atoms. The molecule has 3 fully saturated rings. The monoisotopic (exact) mass is 436 g/mol. The van der Waals surface area contributed by atoms with E-state index in [4.69, 9.17) is 4.74 Å². The minimum atomic E-state index is 0.0410. The summed E-state index contributed by atoms with van der Waals surface area (Å²) < 4.78 is 6.03. The second-order valence-corrected chi connectivity index (χ2v) is 9.93. The standard InChI is InChI=1S/C26H36N4O2/c1-18-5-6-19-11-12-27-26(23(19)14-18)28-15-25(31)29-21-16-30(17-21)22-9-7-20(8-10-22)24-4-2-3-13-32-24/h5-6,11-12,14,20-22,24H,2-4,7-10,13,15-17H2,1H3,(H,27,28)(H,29,31)/t20-,22+,24?. The number of aryl methyl sites for hydroxylation is 1. The lowest BCUT2D eigenvalue weighted by molar-refractivity contribution is -0.121. The number of benzene rings is 1. The number of pyridine rings is 1. The van der Waals surface area contributed by atoms with Crippen LogP contribution >= 0.6 is 0 Å². The van der Waals surface area contributed by atoms with Crippen LogP contribution in [0.1, 0.15) is 50.5 Å². The number of amides is 1. The summed E-state index contributed by atoms with van der Waals surface area (Å²) in [4.78, 5) is 19.5. The molecule has 2 aromatic rings. The molecule has 3 aliphatic rings. The average molecular weight is 437 g/mol. The maximum atomic E-state index is 12.5. The number of hydrogen-bond donors (Lipinski definition) is 2. The normalized spacial score (nSPS) is 27.1. The van der Waals surface area contributed by atoms with Crippen molar-refractivity contribution in [3.8, 4) is 0 Å². The molecular weight excluding hydrogens is 400 g/mol. The van der Waals surface area contributed by atoms with Gasteiger partial charge in [0.05, 0.1) is 18.7 Å². The molecule has 32 heavy (non-hydrogen) atoms. The summed E-state index contributed by atoms with van der Waals surface area (Å²) in [6.07, 6.45) is 11.3. The fourth-order valence-electron chi connectivity index (χ4n) is 5.74. The quantitative estimate of drug-likeness (QED) is 0.719. The third-order valence-electron chi connectivity index (χ3n) is 7.61. The van der Waals surface area contributed by atoms with Crippen LogP contribution in [0, 0.1) is 12.8 Å². The van der Waals surface area contributed by atoms with Crippen molar-refractivity contribution in [2.24, 2.45) is 5.92 Å². The van der Waals surface area contributed by atoms with E-state index in [1.165, 1.54) is 50.5 Å². The van der Waals surface area contributed by atoms with Gasteiger partial charge in [0.2, 0.25) is 5.91 Å². The second-order valence-electron chi connectivity index (χ2n) is 9.93. The highest BCUT2D eigenvalue weighted by Crippen LogP contribution is 2.35. The Hall–Kier alpha value is -2.18. The Labute approximate surface area is 191 Å². The first-order chi connectivity index (χ1) is 15.7. The van der Waals surface area contributed by atoms with Gasteiger partial charge in [-0.25, -0.2) is 4.98 Å². The molecule has 3 heterocycles. The van der Waals surface area contributed by atoms with Crippen LogP contribution in [-0.4, -0.2) is 60.2 Å². The molecule has 1 saturated carbocycles. The third-order valence-corrected chi connectivity index (χ3v) is 7.61. The minimum Gasteiger partial charge on any atom is -0.378 e. The summed E-state index contributed by atoms with van der Waals surface area (Å²) in [6.45, 7) is 5.24. The molecule has 2 aliphatic heterocycles. The summed E-state index contributed by atoms with van der Waals surface area (Å²) >= 11 is 0. The molecule has 1 aliphatic carbocycles. The number of anilines is 1. The third kappa shape index (κ3) is 4.91. The number of ether oxygens (including phenoxy) is 1. The lowest BCUT2D eigenvalue weighted by Crippen LogP contribution is -2.63. The van der Waals surface area contributed by atoms with Gasteiger partial charge in [-0.15, -0.1) is 0 Å². The van der Waals surface area contributed by atoms with Crippen molar-refractivity contribution in [1.29, 1.82) is 0 Å². The SMILES string of the molecule is Cc1ccc2ccnc(NCC(=O)NC3CN([C@H]4CC[C@@H](C5CCCCO5)CC4)C3)c2c1. The van der Waals surface area contributed by atoms with Crippen molar-refractivity contribution in [2.45, 2.75) is 70.1 Å². The predicted octanol–water partition coefficient (Wildman–Crippen LogP) is 3.88. The van der Waals surface area contributed by atoms with Gasteiger partial charge in [-0.2, -0.15) is 0 Å². The molecule has 5 rings (SSSR count). The van der Waals surface area contributed by atoms with Crippen molar-refractivity contribution in [3.63, 3.8) is 0 Å². The Morgan fingerprint density at radius 2 is 1.97 bits per heavy atom. The Kier molecular flexibility index (Phi) is 6.60. The molecule has 1 aromatic heterocycles. The summed E-state index contributed by atoms with van der Waals surface area (Å²) in [7, 11) is 0. The van der Waals surface area contributed by atoms with Crippen LogP contribution in [0.5, 0.6) is 0 Å². The first-order valence-corrected chi connectivity index (χ1v) is 12.4. The summed E-state index contributed by atoms with van der Waals surface area (Å²) in [5.41, 5.74) is 1.19. The maximum absolute atomic E-state index is 12.5. The van der Waals surface area contributed by atoms with Crippen LogP contribution in [-0.2, 0) is 9.53 Å². The average Bonchev–Trinajstić information content (AvgIpc) is 2.80. The van der Waals surface area contributed by atoms with Crippen molar-refractivity contribution in [2.75, 3.05) is 31.6 Å². The van der Waals surface area contributed by atoms with Gasteiger partial charge in [0.15, 0.2) is 0 Å². The Morgan fingerprint density at radius 1 is 1.12 bits per heavy atom. The molecule has 0 radical (unpaired) electrons. The first-order valence-electron chi connectivity index (χ1n) is 12.4. The van der Waals surface area contributed by atoms with Crippen molar-refractivity contribution >= 4 is 22.5 Å². The van der Waals surface area contributed by atoms with E-state index in [-0.39, 0.29) is 18.5 Å². The largest absolute Gasteiger partial charge is 0.378 e. The predicted molar refractivity (Wildman–Crippen MR) is 128 cm³/mol. The second kappa shape index (κ2) is 9.75. The Morgan fingerprint density at radius 3 is 2.75 bits per heavy atom. The van der Waals surface area contributed by atoms with Crippen LogP contribution in [0.4, 0.5) is 5.82 Å². The van der Waals surface area contributed by atoms with Crippen molar-refractivity contribution < 1.29 is 9.53 Å². The van der Waals surface area contributed by atoms with Crippen LogP contribution < -0.4 is 10.6 Å². The summed E-state index contributed by atoms with van der Waals surface area (Å²) in [6, 6.07) is 9.25. The van der Waals surface area contributed by atoms with Crippen LogP contribution in [0.2, 0.25) is 0 Å². The molecule has 172 valence electrons. The smallest absolute Gasteiger partial charge is 0.239 e. The van der Waals surface area contributed by atoms with Gasteiger partial charge in [0, 0.05) is 37.3 Å². The zero-order valence-electron chi connectivity index (χ0n) is 19.2. The number of hydrogen-bond acceptors (Lipinski definition) is 5. The molecule has 2 saturated heterocycles. The molecule has 1 aromatic carbocycles. The highest BCUT2D eigenvalue weighted by Gasteiger charge is 2.37. The fourth-order valence-corrected chi connectivity index (χ4v) is 5.74.